The first-order valence-electron chi connectivity index (χ1n) is 4.53. The van der Waals surface area contributed by atoms with E-state index in [2.05, 4.69) is 20.6 Å². The molecule has 0 bridgehead atoms. The van der Waals surface area contributed by atoms with Gasteiger partial charge in [-0.1, -0.05) is 0 Å². The van der Waals surface area contributed by atoms with Gasteiger partial charge < -0.3 is 10.6 Å². The fourth-order valence-corrected chi connectivity index (χ4v) is 1.21. The van der Waals surface area contributed by atoms with Gasteiger partial charge in [0.1, 0.15) is 5.82 Å². The number of hydrogen-bond acceptors (Lipinski definition) is 4. The molecule has 2 rings (SSSR count). The molecule has 0 radical (unpaired) electrons. The molecule has 1 fully saturated rings. The highest BCUT2D eigenvalue weighted by Gasteiger charge is 2.16. The van der Waals surface area contributed by atoms with Gasteiger partial charge in [0, 0.05) is 13.1 Å². The third kappa shape index (κ3) is 1.78. The number of aryl methyl sites for hydroxylation is 2. The third-order valence-corrected chi connectivity index (χ3v) is 2.33. The Bertz CT molecular complexity index is 306. The second-order valence-electron chi connectivity index (χ2n) is 3.43. The summed E-state index contributed by atoms with van der Waals surface area (Å²) in [6, 6.07) is 0.524. The second-order valence-corrected chi connectivity index (χ2v) is 3.43. The van der Waals surface area contributed by atoms with Crippen molar-refractivity contribution < 1.29 is 0 Å². The van der Waals surface area contributed by atoms with Crippen LogP contribution >= 0.6 is 0 Å². The Morgan fingerprint density at radius 2 is 2.15 bits per heavy atom. The summed E-state index contributed by atoms with van der Waals surface area (Å²) >= 11 is 0. The lowest BCUT2D eigenvalue weighted by Crippen LogP contribution is -2.51. The van der Waals surface area contributed by atoms with E-state index in [0.29, 0.717) is 6.04 Å². The average molecular weight is 178 g/mol. The maximum absolute atomic E-state index is 4.39. The summed E-state index contributed by atoms with van der Waals surface area (Å²) < 4.78 is 0. The van der Waals surface area contributed by atoms with Crippen LogP contribution in [0.2, 0.25) is 0 Å². The van der Waals surface area contributed by atoms with E-state index >= 15 is 0 Å². The van der Waals surface area contributed by atoms with Crippen LogP contribution in [0.15, 0.2) is 6.20 Å². The highest BCUT2D eigenvalue weighted by Crippen LogP contribution is 2.08. The first-order valence-corrected chi connectivity index (χ1v) is 4.53. The zero-order valence-corrected chi connectivity index (χ0v) is 7.96. The lowest BCUT2D eigenvalue weighted by Gasteiger charge is -2.28. The van der Waals surface area contributed by atoms with Crippen LogP contribution in [0.3, 0.4) is 0 Å². The lowest BCUT2D eigenvalue weighted by molar-refractivity contribution is 0.471. The summed E-state index contributed by atoms with van der Waals surface area (Å²) in [5.74, 6) is 0.884. The highest BCUT2D eigenvalue weighted by atomic mass is 15.1. The van der Waals surface area contributed by atoms with Gasteiger partial charge in [-0.3, -0.25) is 4.98 Å². The van der Waals surface area contributed by atoms with Gasteiger partial charge in [0.15, 0.2) is 0 Å². The third-order valence-electron chi connectivity index (χ3n) is 2.33. The van der Waals surface area contributed by atoms with Gasteiger partial charge in [0.05, 0.1) is 23.6 Å². The van der Waals surface area contributed by atoms with Crippen LogP contribution in [0.4, 0.5) is 5.82 Å². The van der Waals surface area contributed by atoms with Crippen molar-refractivity contribution in [3.63, 3.8) is 0 Å². The van der Waals surface area contributed by atoms with Gasteiger partial charge in [-0.05, 0) is 13.8 Å². The van der Waals surface area contributed by atoms with Crippen molar-refractivity contribution >= 4 is 5.82 Å². The summed E-state index contributed by atoms with van der Waals surface area (Å²) in [6.07, 6.45) is 1.79. The highest BCUT2D eigenvalue weighted by molar-refractivity contribution is 5.35. The Kier molecular flexibility index (Phi) is 2.14. The van der Waals surface area contributed by atoms with E-state index in [1.54, 1.807) is 6.20 Å². The number of nitrogens with one attached hydrogen (secondary N) is 2. The molecule has 1 aromatic heterocycles. The molecule has 70 valence electrons. The van der Waals surface area contributed by atoms with Gasteiger partial charge in [0.25, 0.3) is 0 Å². The maximum atomic E-state index is 4.39. The number of nitrogens with zero attached hydrogens (tertiary/aromatic N) is 2. The molecule has 1 aromatic rings. The van der Waals surface area contributed by atoms with Gasteiger partial charge >= 0.3 is 0 Å². The van der Waals surface area contributed by atoms with Crippen molar-refractivity contribution in [1.29, 1.82) is 0 Å². The minimum Gasteiger partial charge on any atom is -0.363 e. The molecule has 0 saturated carbocycles. The fraction of sp³-hybridized carbons (Fsp3) is 0.556. The van der Waals surface area contributed by atoms with E-state index in [9.17, 15) is 0 Å². The molecule has 0 unspecified atom stereocenters. The summed E-state index contributed by atoms with van der Waals surface area (Å²) in [5.41, 5.74) is 1.99. The van der Waals surface area contributed by atoms with Crippen molar-refractivity contribution in [2.24, 2.45) is 0 Å². The Labute approximate surface area is 77.8 Å². The Morgan fingerprint density at radius 1 is 1.38 bits per heavy atom. The zero-order valence-electron chi connectivity index (χ0n) is 7.96. The Balaban J connectivity index is 2.07. The minimum absolute atomic E-state index is 0.524. The van der Waals surface area contributed by atoms with E-state index in [4.69, 9.17) is 0 Å². The SMILES string of the molecule is Cc1ncc(NC2CNC2)nc1C. The molecule has 0 spiro atoms. The number of hydrogen-bond donors (Lipinski definition) is 2. The number of rotatable bonds is 2. The Hall–Kier alpha value is -1.16. The van der Waals surface area contributed by atoms with Crippen molar-refractivity contribution in [3.05, 3.63) is 17.6 Å². The first kappa shape index (κ1) is 8.44. The van der Waals surface area contributed by atoms with E-state index < -0.39 is 0 Å². The summed E-state index contributed by atoms with van der Waals surface area (Å²) in [7, 11) is 0. The van der Waals surface area contributed by atoms with Gasteiger partial charge in [-0.15, -0.1) is 0 Å². The summed E-state index contributed by atoms with van der Waals surface area (Å²) in [4.78, 5) is 8.64. The normalized spacial score (nSPS) is 16.8. The van der Waals surface area contributed by atoms with Crippen molar-refractivity contribution in [3.8, 4) is 0 Å². The smallest absolute Gasteiger partial charge is 0.145 e. The topological polar surface area (TPSA) is 49.8 Å². The molecule has 2 heterocycles. The molecule has 0 aromatic carbocycles. The number of anilines is 1. The fourth-order valence-electron chi connectivity index (χ4n) is 1.21. The van der Waals surface area contributed by atoms with E-state index in [1.165, 1.54) is 0 Å². The molecule has 1 saturated heterocycles. The molecule has 0 aliphatic carbocycles. The minimum atomic E-state index is 0.524. The second kappa shape index (κ2) is 3.30. The molecular weight excluding hydrogens is 164 g/mol. The molecule has 13 heavy (non-hydrogen) atoms. The van der Waals surface area contributed by atoms with E-state index in [1.807, 2.05) is 13.8 Å². The predicted molar refractivity (Wildman–Crippen MR) is 51.8 cm³/mol. The largest absolute Gasteiger partial charge is 0.363 e. The van der Waals surface area contributed by atoms with Crippen LogP contribution in [-0.4, -0.2) is 29.1 Å². The monoisotopic (exact) mass is 178 g/mol. The standard InChI is InChI=1S/C9H14N4/c1-6-7(2)12-9(5-11-6)13-8-3-10-4-8/h5,8,10H,3-4H2,1-2H3,(H,12,13). The molecule has 4 nitrogen and oxygen atoms in total. The van der Waals surface area contributed by atoms with Crippen LogP contribution in [0.5, 0.6) is 0 Å². The van der Waals surface area contributed by atoms with Gasteiger partial charge in [-0.25, -0.2) is 4.98 Å². The van der Waals surface area contributed by atoms with E-state index in [0.717, 1.165) is 30.3 Å². The van der Waals surface area contributed by atoms with Crippen molar-refractivity contribution in [2.75, 3.05) is 18.4 Å². The quantitative estimate of drug-likeness (QED) is 0.691. The summed E-state index contributed by atoms with van der Waals surface area (Å²) in [6.45, 7) is 5.99. The lowest BCUT2D eigenvalue weighted by atomic mass is 10.2. The summed E-state index contributed by atoms with van der Waals surface area (Å²) in [5, 5.41) is 6.51. The molecule has 1 aliphatic rings. The Morgan fingerprint density at radius 3 is 2.69 bits per heavy atom. The van der Waals surface area contributed by atoms with Crippen molar-refractivity contribution in [2.45, 2.75) is 19.9 Å². The molecule has 1 aliphatic heterocycles. The molecular formula is C9H14N4. The van der Waals surface area contributed by atoms with Gasteiger partial charge in [0.2, 0.25) is 0 Å². The van der Waals surface area contributed by atoms with Crippen LogP contribution in [-0.2, 0) is 0 Å². The number of aromatic nitrogens is 2. The first-order chi connectivity index (χ1) is 6.25. The molecule has 0 amide bonds. The van der Waals surface area contributed by atoms with Crippen molar-refractivity contribution in [1.82, 2.24) is 15.3 Å². The average Bonchev–Trinajstić information content (AvgIpc) is 2.04. The van der Waals surface area contributed by atoms with Gasteiger partial charge in [-0.2, -0.15) is 0 Å². The molecule has 4 heteroatoms. The van der Waals surface area contributed by atoms with Crippen LogP contribution in [0.1, 0.15) is 11.4 Å². The van der Waals surface area contributed by atoms with Crippen LogP contribution < -0.4 is 10.6 Å². The van der Waals surface area contributed by atoms with Crippen LogP contribution in [0, 0.1) is 13.8 Å². The molecule has 2 N–H and O–H groups in total. The molecule has 0 atom stereocenters. The van der Waals surface area contributed by atoms with Crippen LogP contribution in [0.25, 0.3) is 0 Å². The van der Waals surface area contributed by atoms with E-state index in [-0.39, 0.29) is 0 Å². The zero-order chi connectivity index (χ0) is 9.26. The maximum Gasteiger partial charge on any atom is 0.145 e. The predicted octanol–water partition coefficient (Wildman–Crippen LogP) is 0.477.